The summed E-state index contributed by atoms with van der Waals surface area (Å²) in [6.45, 7) is 0. The Morgan fingerprint density at radius 3 is 2.26 bits per heavy atom. The molecule has 138 valence electrons. The van der Waals surface area contributed by atoms with Crippen molar-refractivity contribution < 1.29 is 21.6 Å². The number of hydrogen-bond donors (Lipinski definition) is 0. The lowest BCUT2D eigenvalue weighted by Crippen LogP contribution is -2.08. The molecule has 0 fully saturated rings. The van der Waals surface area contributed by atoms with Gasteiger partial charge < -0.3 is 0 Å². The highest BCUT2D eigenvalue weighted by Crippen LogP contribution is 2.33. The summed E-state index contributed by atoms with van der Waals surface area (Å²) >= 11 is 0. The highest BCUT2D eigenvalue weighted by molar-refractivity contribution is 7.90. The molecule has 9 heteroatoms. The van der Waals surface area contributed by atoms with Crippen LogP contribution in [-0.4, -0.2) is 29.4 Å². The number of sulfone groups is 1. The largest absolute Gasteiger partial charge is 0.435 e. The van der Waals surface area contributed by atoms with Gasteiger partial charge in [-0.3, -0.25) is 0 Å². The quantitative estimate of drug-likeness (QED) is 0.643. The second-order valence-electron chi connectivity index (χ2n) is 5.67. The van der Waals surface area contributed by atoms with Crippen molar-refractivity contribution in [3.8, 4) is 29.4 Å². The molecular formula is C18H12F3N3O2S. The minimum atomic E-state index is -4.65. The molecule has 0 atom stereocenters. The third kappa shape index (κ3) is 3.85. The highest BCUT2D eigenvalue weighted by atomic mass is 32.2. The molecule has 0 aliphatic carbocycles. The molecule has 3 aromatic rings. The van der Waals surface area contributed by atoms with E-state index in [2.05, 4.69) is 16.0 Å². The number of nitrogens with zero attached hydrogens (tertiary/aromatic N) is 3. The van der Waals surface area contributed by atoms with Crippen molar-refractivity contribution in [2.45, 2.75) is 11.1 Å². The molecule has 0 saturated heterocycles. The number of pyridine rings is 1. The first kappa shape index (κ1) is 18.7. The van der Waals surface area contributed by atoms with Gasteiger partial charge in [-0.05, 0) is 30.3 Å². The first-order chi connectivity index (χ1) is 12.6. The van der Waals surface area contributed by atoms with Crippen LogP contribution in [0.15, 0.2) is 53.6 Å². The van der Waals surface area contributed by atoms with Crippen molar-refractivity contribution in [1.82, 2.24) is 14.8 Å². The average molecular weight is 391 g/mol. The number of rotatable bonds is 3. The Bertz CT molecular complexity index is 1120. The Balaban J connectivity index is 2.16. The van der Waals surface area contributed by atoms with Crippen molar-refractivity contribution in [2.75, 3.05) is 6.26 Å². The van der Waals surface area contributed by atoms with Gasteiger partial charge in [-0.15, -0.1) is 6.42 Å². The highest BCUT2D eigenvalue weighted by Gasteiger charge is 2.35. The molecule has 0 aliphatic rings. The molecule has 0 spiro atoms. The third-order valence-electron chi connectivity index (χ3n) is 3.71. The van der Waals surface area contributed by atoms with E-state index in [4.69, 9.17) is 6.42 Å². The molecule has 27 heavy (non-hydrogen) atoms. The van der Waals surface area contributed by atoms with Gasteiger partial charge >= 0.3 is 6.18 Å². The zero-order valence-corrected chi connectivity index (χ0v) is 14.7. The second-order valence-corrected chi connectivity index (χ2v) is 7.69. The SMILES string of the molecule is C#Cc1ccc(-c2cc(C(F)(F)F)nn2-c2ccc(S(C)(=O)=O)cn2)cc1. The molecule has 0 aliphatic heterocycles. The Labute approximate surface area is 153 Å². The fourth-order valence-electron chi connectivity index (χ4n) is 2.35. The predicted octanol–water partition coefficient (Wildman–Crippen LogP) is 3.34. The molecule has 0 radical (unpaired) electrons. The number of halogens is 3. The lowest BCUT2D eigenvalue weighted by Gasteiger charge is -2.07. The van der Waals surface area contributed by atoms with Crippen molar-refractivity contribution in [3.63, 3.8) is 0 Å². The van der Waals surface area contributed by atoms with Gasteiger partial charge in [0.15, 0.2) is 21.3 Å². The van der Waals surface area contributed by atoms with Gasteiger partial charge in [-0.1, -0.05) is 18.1 Å². The van der Waals surface area contributed by atoms with E-state index in [0.29, 0.717) is 11.1 Å². The molecule has 3 rings (SSSR count). The van der Waals surface area contributed by atoms with E-state index in [0.717, 1.165) is 23.2 Å². The van der Waals surface area contributed by atoms with E-state index < -0.39 is 21.7 Å². The summed E-state index contributed by atoms with van der Waals surface area (Å²) in [6.07, 6.45) is 2.73. The summed E-state index contributed by atoms with van der Waals surface area (Å²) in [5, 5.41) is 3.60. The number of aromatic nitrogens is 3. The van der Waals surface area contributed by atoms with Gasteiger partial charge in [0, 0.05) is 23.6 Å². The lowest BCUT2D eigenvalue weighted by atomic mass is 10.1. The summed E-state index contributed by atoms with van der Waals surface area (Å²) in [7, 11) is -3.48. The molecule has 2 heterocycles. The maximum absolute atomic E-state index is 13.1. The van der Waals surface area contributed by atoms with Crippen LogP contribution < -0.4 is 0 Å². The van der Waals surface area contributed by atoms with Crippen molar-refractivity contribution in [3.05, 3.63) is 59.9 Å². The molecule has 0 unspecified atom stereocenters. The molecule has 0 saturated carbocycles. The monoisotopic (exact) mass is 391 g/mol. The van der Waals surface area contributed by atoms with Crippen LogP contribution in [0.4, 0.5) is 13.2 Å². The minimum Gasteiger partial charge on any atom is -0.236 e. The Kier molecular flexibility index (Phi) is 4.53. The zero-order chi connectivity index (χ0) is 19.8. The number of benzene rings is 1. The van der Waals surface area contributed by atoms with Gasteiger partial charge in [0.25, 0.3) is 0 Å². The number of hydrogen-bond acceptors (Lipinski definition) is 4. The summed E-state index contributed by atoms with van der Waals surface area (Å²) in [5.74, 6) is 2.48. The Morgan fingerprint density at radius 1 is 1.11 bits per heavy atom. The third-order valence-corrected chi connectivity index (χ3v) is 4.81. The topological polar surface area (TPSA) is 64.8 Å². The van der Waals surface area contributed by atoms with E-state index in [9.17, 15) is 21.6 Å². The van der Waals surface area contributed by atoms with Gasteiger partial charge in [-0.2, -0.15) is 18.3 Å². The number of alkyl halides is 3. The molecular weight excluding hydrogens is 379 g/mol. The Morgan fingerprint density at radius 2 is 1.78 bits per heavy atom. The zero-order valence-electron chi connectivity index (χ0n) is 13.9. The summed E-state index contributed by atoms with van der Waals surface area (Å²) < 4.78 is 63.5. The van der Waals surface area contributed by atoms with Crippen LogP contribution in [0.3, 0.4) is 0 Å². The predicted molar refractivity (Wildman–Crippen MR) is 92.8 cm³/mol. The van der Waals surface area contributed by atoms with E-state index in [-0.39, 0.29) is 16.4 Å². The van der Waals surface area contributed by atoms with Gasteiger partial charge in [-0.25, -0.2) is 18.1 Å². The summed E-state index contributed by atoms with van der Waals surface area (Å²) in [5.41, 5.74) is 0.0838. The maximum atomic E-state index is 13.1. The molecule has 1 aromatic carbocycles. The van der Waals surface area contributed by atoms with Crippen LogP contribution in [0.2, 0.25) is 0 Å². The first-order valence-corrected chi connectivity index (χ1v) is 9.39. The van der Waals surface area contributed by atoms with E-state index in [1.807, 2.05) is 0 Å². The second kappa shape index (κ2) is 6.55. The fraction of sp³-hybridized carbons (Fsp3) is 0.111. The van der Waals surface area contributed by atoms with Crippen LogP contribution in [-0.2, 0) is 16.0 Å². The molecule has 2 aromatic heterocycles. The minimum absolute atomic E-state index is 0.0469. The smallest absolute Gasteiger partial charge is 0.236 e. The maximum Gasteiger partial charge on any atom is 0.435 e. The van der Waals surface area contributed by atoms with Crippen molar-refractivity contribution >= 4 is 9.84 Å². The van der Waals surface area contributed by atoms with Crippen LogP contribution in [0.25, 0.3) is 17.1 Å². The molecule has 0 amide bonds. The van der Waals surface area contributed by atoms with E-state index >= 15 is 0 Å². The molecule has 0 N–H and O–H groups in total. The van der Waals surface area contributed by atoms with E-state index in [1.165, 1.54) is 12.1 Å². The molecule has 5 nitrogen and oxygen atoms in total. The van der Waals surface area contributed by atoms with Gasteiger partial charge in [0.05, 0.1) is 10.6 Å². The average Bonchev–Trinajstić information content (AvgIpc) is 3.07. The van der Waals surface area contributed by atoms with Crippen LogP contribution >= 0.6 is 0 Å². The van der Waals surface area contributed by atoms with Gasteiger partial charge in [0.2, 0.25) is 0 Å². The Hall–Kier alpha value is -3.12. The first-order valence-electron chi connectivity index (χ1n) is 7.50. The van der Waals surface area contributed by atoms with Gasteiger partial charge in [0.1, 0.15) is 0 Å². The van der Waals surface area contributed by atoms with Crippen molar-refractivity contribution in [1.29, 1.82) is 0 Å². The van der Waals surface area contributed by atoms with E-state index in [1.54, 1.807) is 24.3 Å². The molecule has 0 bridgehead atoms. The van der Waals surface area contributed by atoms with Crippen LogP contribution in [0.5, 0.6) is 0 Å². The summed E-state index contributed by atoms with van der Waals surface area (Å²) in [6, 6.07) is 9.80. The normalized spacial score (nSPS) is 12.0. The van der Waals surface area contributed by atoms with Crippen molar-refractivity contribution in [2.24, 2.45) is 0 Å². The fourth-order valence-corrected chi connectivity index (χ4v) is 2.91. The van der Waals surface area contributed by atoms with Crippen LogP contribution in [0, 0.1) is 12.3 Å². The number of terminal acetylenes is 1. The standard InChI is InChI=1S/C18H12F3N3O2S/c1-3-12-4-6-13(7-5-12)15-10-16(18(19,20)21)23-24(15)17-9-8-14(11-22-17)27(2,25)26/h1,4-11H,2H3. The van der Waals surface area contributed by atoms with Crippen LogP contribution in [0.1, 0.15) is 11.3 Å². The summed E-state index contributed by atoms with van der Waals surface area (Å²) in [4.78, 5) is 3.91. The lowest BCUT2D eigenvalue weighted by molar-refractivity contribution is -0.141.